The third kappa shape index (κ3) is 4.44. The van der Waals surface area contributed by atoms with Crippen LogP contribution in [-0.4, -0.2) is 43.5 Å². The van der Waals surface area contributed by atoms with Gasteiger partial charge in [0.2, 0.25) is 5.91 Å². The fourth-order valence-corrected chi connectivity index (χ4v) is 4.97. The molecule has 2 N–H and O–H groups in total. The summed E-state index contributed by atoms with van der Waals surface area (Å²) in [4.78, 5) is 22.4. The number of amides is 1. The molecule has 0 atom stereocenters. The van der Waals surface area contributed by atoms with Crippen molar-refractivity contribution in [2.24, 2.45) is 0 Å². The highest BCUT2D eigenvalue weighted by atomic mass is 32.2. The van der Waals surface area contributed by atoms with Crippen LogP contribution < -0.4 is 9.62 Å². The molecule has 8 nitrogen and oxygen atoms in total. The van der Waals surface area contributed by atoms with Gasteiger partial charge in [0, 0.05) is 18.8 Å². The van der Waals surface area contributed by atoms with Crippen LogP contribution in [0.2, 0.25) is 0 Å². The molecule has 3 aromatic rings. The van der Waals surface area contributed by atoms with Crippen LogP contribution in [-0.2, 0) is 21.2 Å². The van der Waals surface area contributed by atoms with Crippen LogP contribution in [0.5, 0.6) is 5.75 Å². The van der Waals surface area contributed by atoms with Crippen LogP contribution in [0.1, 0.15) is 11.3 Å². The average molecular weight is 433 g/mol. The Balaban J connectivity index is 1.75. The van der Waals surface area contributed by atoms with Crippen LogP contribution in [0.15, 0.2) is 46.8 Å². The van der Waals surface area contributed by atoms with Gasteiger partial charge >= 0.3 is 0 Å². The van der Waals surface area contributed by atoms with Crippen LogP contribution in [0.25, 0.3) is 11.3 Å². The van der Waals surface area contributed by atoms with E-state index in [1.54, 1.807) is 56.6 Å². The Hall–Kier alpha value is -2.82. The molecule has 1 aromatic carbocycles. The molecule has 2 aromatic heterocycles. The highest BCUT2D eigenvalue weighted by Crippen LogP contribution is 2.30. The molecule has 0 aliphatic heterocycles. The van der Waals surface area contributed by atoms with Gasteiger partial charge in [0.1, 0.15) is 11.4 Å². The molecule has 0 unspecified atom stereocenters. The van der Waals surface area contributed by atoms with Gasteiger partial charge in [-0.3, -0.25) is 14.7 Å². The SMILES string of the molecule is CNS(=O)(=O)c1sc(N(C)C(=O)Cc2ccc(-c3ncccc3O)cc2)nc1C. The zero-order chi connectivity index (χ0) is 21.2. The lowest BCUT2D eigenvalue weighted by molar-refractivity contribution is -0.117. The van der Waals surface area contributed by atoms with Crippen molar-refractivity contribution in [3.05, 3.63) is 53.9 Å². The van der Waals surface area contributed by atoms with Gasteiger partial charge in [-0.1, -0.05) is 35.6 Å². The standard InChI is InChI=1S/C19H20N4O4S2/c1-12-18(29(26,27)20-2)28-19(22-12)23(3)16(25)11-13-6-8-14(9-7-13)17-15(24)5-4-10-21-17/h4-10,20,24H,11H2,1-3H3. The number of aromatic nitrogens is 2. The Morgan fingerprint density at radius 2 is 1.93 bits per heavy atom. The van der Waals surface area contributed by atoms with Gasteiger partial charge in [-0.2, -0.15) is 0 Å². The third-order valence-electron chi connectivity index (χ3n) is 4.29. The molecule has 2 heterocycles. The van der Waals surface area contributed by atoms with Crippen molar-refractivity contribution in [1.82, 2.24) is 14.7 Å². The zero-order valence-electron chi connectivity index (χ0n) is 16.1. The summed E-state index contributed by atoms with van der Waals surface area (Å²) < 4.78 is 26.4. The number of hydrogen-bond donors (Lipinski definition) is 2. The Bertz CT molecular complexity index is 1140. The first-order valence-corrected chi connectivity index (χ1v) is 10.9. The van der Waals surface area contributed by atoms with Crippen molar-refractivity contribution in [3.63, 3.8) is 0 Å². The van der Waals surface area contributed by atoms with E-state index in [0.717, 1.165) is 22.5 Å². The molecule has 0 aliphatic rings. The van der Waals surface area contributed by atoms with Crippen molar-refractivity contribution in [1.29, 1.82) is 0 Å². The van der Waals surface area contributed by atoms with Gasteiger partial charge in [0.25, 0.3) is 10.0 Å². The van der Waals surface area contributed by atoms with Gasteiger partial charge in [0.15, 0.2) is 9.34 Å². The molecule has 3 rings (SSSR count). The number of benzene rings is 1. The van der Waals surface area contributed by atoms with Crippen molar-refractivity contribution in [2.45, 2.75) is 17.6 Å². The van der Waals surface area contributed by atoms with E-state index in [1.165, 1.54) is 11.9 Å². The molecular weight excluding hydrogens is 412 g/mol. The largest absolute Gasteiger partial charge is 0.506 e. The van der Waals surface area contributed by atoms with Gasteiger partial charge in [-0.15, -0.1) is 0 Å². The molecule has 152 valence electrons. The Morgan fingerprint density at radius 1 is 1.24 bits per heavy atom. The first kappa shape index (κ1) is 20.9. The molecule has 10 heteroatoms. The molecule has 0 spiro atoms. The summed E-state index contributed by atoms with van der Waals surface area (Å²) in [5.74, 6) is -0.136. The molecule has 0 aliphatic carbocycles. The summed E-state index contributed by atoms with van der Waals surface area (Å²) in [6.45, 7) is 1.59. The molecule has 0 fully saturated rings. The number of rotatable bonds is 6. The Kier molecular flexibility index (Phi) is 5.96. The second kappa shape index (κ2) is 8.27. The highest BCUT2D eigenvalue weighted by molar-refractivity contribution is 7.91. The second-order valence-corrected chi connectivity index (χ2v) is 9.33. The average Bonchev–Trinajstić information content (AvgIpc) is 3.11. The summed E-state index contributed by atoms with van der Waals surface area (Å²) in [6, 6.07) is 10.4. The predicted octanol–water partition coefficient (Wildman–Crippen LogP) is 2.33. The smallest absolute Gasteiger partial charge is 0.251 e. The number of anilines is 1. The van der Waals surface area contributed by atoms with Gasteiger partial charge in [-0.05, 0) is 31.7 Å². The summed E-state index contributed by atoms with van der Waals surface area (Å²) in [6.07, 6.45) is 1.72. The molecule has 0 bridgehead atoms. The summed E-state index contributed by atoms with van der Waals surface area (Å²) in [5, 5.41) is 10.2. The number of thiazole rings is 1. The van der Waals surface area contributed by atoms with E-state index in [9.17, 15) is 18.3 Å². The molecule has 0 saturated carbocycles. The third-order valence-corrected chi connectivity index (χ3v) is 7.54. The number of likely N-dealkylation sites (N-methyl/N-ethyl adjacent to an activating group) is 1. The van der Waals surface area contributed by atoms with Gasteiger partial charge in [0.05, 0.1) is 12.1 Å². The highest BCUT2D eigenvalue weighted by Gasteiger charge is 2.23. The zero-order valence-corrected chi connectivity index (χ0v) is 17.7. The number of nitrogens with zero attached hydrogens (tertiary/aromatic N) is 3. The maximum absolute atomic E-state index is 12.6. The van der Waals surface area contributed by atoms with Crippen LogP contribution in [0.4, 0.5) is 5.13 Å². The van der Waals surface area contributed by atoms with Crippen molar-refractivity contribution in [2.75, 3.05) is 19.0 Å². The maximum Gasteiger partial charge on any atom is 0.251 e. The van der Waals surface area contributed by atoms with E-state index < -0.39 is 10.0 Å². The van der Waals surface area contributed by atoms with Crippen LogP contribution in [0.3, 0.4) is 0 Å². The van der Waals surface area contributed by atoms with Gasteiger partial charge < -0.3 is 5.11 Å². The van der Waals surface area contributed by atoms with E-state index >= 15 is 0 Å². The van der Waals surface area contributed by atoms with E-state index in [2.05, 4.69) is 14.7 Å². The minimum absolute atomic E-state index is 0.0857. The predicted molar refractivity (Wildman–Crippen MR) is 112 cm³/mol. The fraction of sp³-hybridized carbons (Fsp3) is 0.211. The first-order valence-electron chi connectivity index (χ1n) is 8.63. The summed E-state index contributed by atoms with van der Waals surface area (Å²) >= 11 is 0.947. The van der Waals surface area contributed by atoms with Crippen LogP contribution in [0, 0.1) is 6.92 Å². The van der Waals surface area contributed by atoms with E-state index in [0.29, 0.717) is 16.5 Å². The number of hydrogen-bond acceptors (Lipinski definition) is 7. The minimum atomic E-state index is -3.62. The second-order valence-electron chi connectivity index (χ2n) is 6.27. The Morgan fingerprint density at radius 3 is 2.55 bits per heavy atom. The number of carbonyl (C=O) groups excluding carboxylic acids is 1. The van der Waals surface area contributed by atoms with Crippen LogP contribution >= 0.6 is 11.3 Å². The summed E-state index contributed by atoms with van der Waals surface area (Å²) in [5.41, 5.74) is 2.33. The lowest BCUT2D eigenvalue weighted by Crippen LogP contribution is -2.27. The molecule has 1 amide bonds. The number of aryl methyl sites for hydroxylation is 1. The van der Waals surface area contributed by atoms with Gasteiger partial charge in [-0.25, -0.2) is 18.1 Å². The monoisotopic (exact) mass is 432 g/mol. The number of pyridine rings is 1. The summed E-state index contributed by atoms with van der Waals surface area (Å²) in [7, 11) is -0.722. The van der Waals surface area contributed by atoms with Crippen molar-refractivity contribution >= 4 is 32.4 Å². The number of sulfonamides is 1. The first-order chi connectivity index (χ1) is 13.7. The number of aromatic hydroxyl groups is 1. The molecular formula is C19H20N4O4S2. The van der Waals surface area contributed by atoms with E-state index in [1.807, 2.05) is 0 Å². The Labute approximate surface area is 172 Å². The molecule has 0 radical (unpaired) electrons. The van der Waals surface area contributed by atoms with E-state index in [-0.39, 0.29) is 22.3 Å². The lowest BCUT2D eigenvalue weighted by atomic mass is 10.1. The van der Waals surface area contributed by atoms with E-state index in [4.69, 9.17) is 0 Å². The topological polar surface area (TPSA) is 112 Å². The maximum atomic E-state index is 12.6. The minimum Gasteiger partial charge on any atom is -0.506 e. The molecule has 0 saturated heterocycles. The molecule has 29 heavy (non-hydrogen) atoms. The lowest BCUT2D eigenvalue weighted by Gasteiger charge is -2.14. The van der Waals surface area contributed by atoms with Crippen molar-refractivity contribution in [3.8, 4) is 17.0 Å². The van der Waals surface area contributed by atoms with Crippen molar-refractivity contribution < 1.29 is 18.3 Å². The fourth-order valence-electron chi connectivity index (χ4n) is 2.65. The normalized spacial score (nSPS) is 11.4. The number of nitrogens with one attached hydrogen (secondary N) is 1. The number of carbonyl (C=O) groups is 1. The quantitative estimate of drug-likeness (QED) is 0.618.